The summed E-state index contributed by atoms with van der Waals surface area (Å²) in [6.07, 6.45) is 1.73. The Balaban J connectivity index is 1.73. The Kier molecular flexibility index (Phi) is 4.85. The second-order valence-corrected chi connectivity index (χ2v) is 8.64. The van der Waals surface area contributed by atoms with Gasteiger partial charge in [0.15, 0.2) is 0 Å². The molecule has 0 unspecified atom stereocenters. The van der Waals surface area contributed by atoms with Gasteiger partial charge in [-0.15, -0.1) is 0 Å². The molecule has 0 saturated heterocycles. The van der Waals surface area contributed by atoms with E-state index in [9.17, 15) is 9.59 Å². The van der Waals surface area contributed by atoms with Gasteiger partial charge >= 0.3 is 0 Å². The zero-order valence-electron chi connectivity index (χ0n) is 16.8. The zero-order valence-corrected chi connectivity index (χ0v) is 16.8. The summed E-state index contributed by atoms with van der Waals surface area (Å²) in [5.74, 6) is -0.0248. The highest BCUT2D eigenvalue weighted by Gasteiger charge is 2.51. The maximum atomic E-state index is 12.9. The summed E-state index contributed by atoms with van der Waals surface area (Å²) in [6.45, 7) is 6.56. The van der Waals surface area contributed by atoms with E-state index in [0.717, 1.165) is 18.4 Å². The van der Waals surface area contributed by atoms with Crippen LogP contribution in [0.25, 0.3) is 0 Å². The molecule has 1 saturated carbocycles. The number of amides is 2. The molecule has 142 valence electrons. The van der Waals surface area contributed by atoms with E-state index < -0.39 is 5.41 Å². The fourth-order valence-corrected chi connectivity index (χ4v) is 3.27. The van der Waals surface area contributed by atoms with Crippen molar-refractivity contribution >= 4 is 17.5 Å². The van der Waals surface area contributed by atoms with Crippen LogP contribution >= 0.6 is 0 Å². The summed E-state index contributed by atoms with van der Waals surface area (Å²) < 4.78 is 0. The lowest BCUT2D eigenvalue weighted by Gasteiger charge is -2.21. The molecule has 0 aliphatic heterocycles. The van der Waals surface area contributed by atoms with Gasteiger partial charge in [-0.3, -0.25) is 9.59 Å². The molecule has 1 aliphatic rings. The predicted octanol–water partition coefficient (Wildman–Crippen LogP) is 4.36. The summed E-state index contributed by atoms with van der Waals surface area (Å²) in [7, 11) is 3.44. The van der Waals surface area contributed by atoms with Crippen molar-refractivity contribution < 1.29 is 9.59 Å². The molecule has 2 amide bonds. The fraction of sp³-hybridized carbons (Fsp3) is 0.391. The third kappa shape index (κ3) is 3.90. The SMILES string of the molecule is CN(C)C(=O)c1ccc(NC(=O)C2(c3ccc(C(C)(C)C)cc3)CC2)cc1. The highest BCUT2D eigenvalue weighted by atomic mass is 16.2. The monoisotopic (exact) mass is 364 g/mol. The Morgan fingerprint density at radius 2 is 1.48 bits per heavy atom. The Hall–Kier alpha value is -2.62. The third-order valence-electron chi connectivity index (χ3n) is 5.28. The van der Waals surface area contributed by atoms with Crippen LogP contribution in [0, 0.1) is 0 Å². The van der Waals surface area contributed by atoms with E-state index >= 15 is 0 Å². The van der Waals surface area contributed by atoms with Crippen molar-refractivity contribution in [3.8, 4) is 0 Å². The van der Waals surface area contributed by atoms with Gasteiger partial charge in [-0.1, -0.05) is 45.0 Å². The van der Waals surface area contributed by atoms with Crippen molar-refractivity contribution in [2.45, 2.75) is 44.4 Å². The molecule has 27 heavy (non-hydrogen) atoms. The molecule has 0 heterocycles. The largest absolute Gasteiger partial charge is 0.345 e. The quantitative estimate of drug-likeness (QED) is 0.876. The first-order valence-corrected chi connectivity index (χ1v) is 9.38. The Morgan fingerprint density at radius 1 is 0.926 bits per heavy atom. The van der Waals surface area contributed by atoms with Crippen LogP contribution in [0.15, 0.2) is 48.5 Å². The van der Waals surface area contributed by atoms with Crippen molar-refractivity contribution in [1.82, 2.24) is 4.90 Å². The van der Waals surface area contributed by atoms with E-state index in [0.29, 0.717) is 11.3 Å². The second-order valence-electron chi connectivity index (χ2n) is 8.64. The van der Waals surface area contributed by atoms with Gasteiger partial charge in [-0.2, -0.15) is 0 Å². The maximum Gasteiger partial charge on any atom is 0.253 e. The Bertz CT molecular complexity index is 839. The van der Waals surface area contributed by atoms with Crippen molar-refractivity contribution in [2.24, 2.45) is 0 Å². The zero-order chi connectivity index (χ0) is 19.8. The van der Waals surface area contributed by atoms with Crippen LogP contribution in [0.5, 0.6) is 0 Å². The number of hydrogen-bond acceptors (Lipinski definition) is 2. The molecule has 0 atom stereocenters. The fourth-order valence-electron chi connectivity index (χ4n) is 3.27. The van der Waals surface area contributed by atoms with E-state index in [4.69, 9.17) is 0 Å². The molecular formula is C23H28N2O2. The van der Waals surface area contributed by atoms with E-state index in [2.05, 4.69) is 50.4 Å². The van der Waals surface area contributed by atoms with Gasteiger partial charge in [0, 0.05) is 25.3 Å². The van der Waals surface area contributed by atoms with Gasteiger partial charge in [-0.25, -0.2) is 0 Å². The van der Waals surface area contributed by atoms with Crippen LogP contribution in [0.3, 0.4) is 0 Å². The number of carbonyl (C=O) groups excluding carboxylic acids is 2. The van der Waals surface area contributed by atoms with E-state index in [-0.39, 0.29) is 17.2 Å². The van der Waals surface area contributed by atoms with Gasteiger partial charge in [0.25, 0.3) is 5.91 Å². The molecule has 1 fully saturated rings. The number of hydrogen-bond donors (Lipinski definition) is 1. The van der Waals surface area contributed by atoms with Crippen LogP contribution in [0.2, 0.25) is 0 Å². The lowest BCUT2D eigenvalue weighted by molar-refractivity contribution is -0.118. The van der Waals surface area contributed by atoms with Crippen LogP contribution in [-0.2, 0) is 15.6 Å². The normalized spacial score (nSPS) is 15.1. The van der Waals surface area contributed by atoms with Gasteiger partial charge in [0.1, 0.15) is 0 Å². The number of nitrogens with zero attached hydrogens (tertiary/aromatic N) is 1. The summed E-state index contributed by atoms with van der Waals surface area (Å²) in [6, 6.07) is 15.5. The highest BCUT2D eigenvalue weighted by Crippen LogP contribution is 2.49. The van der Waals surface area contributed by atoms with Crippen molar-refractivity contribution in [2.75, 3.05) is 19.4 Å². The molecule has 2 aromatic rings. The molecule has 4 nitrogen and oxygen atoms in total. The van der Waals surface area contributed by atoms with Gasteiger partial charge in [0.2, 0.25) is 5.91 Å². The second kappa shape index (κ2) is 6.84. The maximum absolute atomic E-state index is 12.9. The molecule has 2 aromatic carbocycles. The molecule has 0 aromatic heterocycles. The van der Waals surface area contributed by atoms with E-state index in [1.165, 1.54) is 10.5 Å². The minimum Gasteiger partial charge on any atom is -0.345 e. The summed E-state index contributed by atoms with van der Waals surface area (Å²) >= 11 is 0. The smallest absolute Gasteiger partial charge is 0.253 e. The van der Waals surface area contributed by atoms with Crippen molar-refractivity contribution in [1.29, 1.82) is 0 Å². The first kappa shape index (κ1) is 19.2. The predicted molar refractivity (Wildman–Crippen MR) is 109 cm³/mol. The topological polar surface area (TPSA) is 49.4 Å². The average molecular weight is 364 g/mol. The molecule has 4 heteroatoms. The van der Waals surface area contributed by atoms with E-state index in [1.54, 1.807) is 38.4 Å². The number of carbonyl (C=O) groups is 2. The first-order valence-electron chi connectivity index (χ1n) is 9.38. The standard InChI is InChI=1S/C23H28N2O2/c1-22(2,3)17-8-10-18(11-9-17)23(14-15-23)21(27)24-19-12-6-16(7-13-19)20(26)25(4)5/h6-13H,14-15H2,1-5H3,(H,24,27). The molecule has 1 aliphatic carbocycles. The summed E-state index contributed by atoms with van der Waals surface area (Å²) in [5, 5.41) is 3.02. The first-order chi connectivity index (χ1) is 12.6. The van der Waals surface area contributed by atoms with Crippen LogP contribution in [-0.4, -0.2) is 30.8 Å². The van der Waals surface area contributed by atoms with Crippen molar-refractivity contribution in [3.05, 3.63) is 65.2 Å². The van der Waals surface area contributed by atoms with Crippen molar-refractivity contribution in [3.63, 3.8) is 0 Å². The third-order valence-corrected chi connectivity index (χ3v) is 5.28. The van der Waals surface area contributed by atoms with Gasteiger partial charge in [-0.05, 0) is 53.6 Å². The average Bonchev–Trinajstić information content (AvgIpc) is 3.43. The molecule has 1 N–H and O–H groups in total. The summed E-state index contributed by atoms with van der Waals surface area (Å²) in [5.41, 5.74) is 3.35. The molecule has 3 rings (SSSR count). The summed E-state index contributed by atoms with van der Waals surface area (Å²) in [4.78, 5) is 26.4. The molecule has 0 bridgehead atoms. The van der Waals surface area contributed by atoms with Crippen LogP contribution in [0.4, 0.5) is 5.69 Å². The van der Waals surface area contributed by atoms with Gasteiger partial charge in [0.05, 0.1) is 5.41 Å². The van der Waals surface area contributed by atoms with Gasteiger partial charge < -0.3 is 10.2 Å². The number of rotatable bonds is 4. The highest BCUT2D eigenvalue weighted by molar-refractivity contribution is 6.02. The minimum atomic E-state index is -0.422. The Morgan fingerprint density at radius 3 is 1.93 bits per heavy atom. The lowest BCUT2D eigenvalue weighted by atomic mass is 9.85. The Labute approximate surface area is 161 Å². The molecule has 0 radical (unpaired) electrons. The van der Waals surface area contributed by atoms with Crippen LogP contribution in [0.1, 0.15) is 55.1 Å². The lowest BCUT2D eigenvalue weighted by Crippen LogP contribution is -2.28. The van der Waals surface area contributed by atoms with Crippen LogP contribution < -0.4 is 5.32 Å². The molecular weight excluding hydrogens is 336 g/mol. The number of benzene rings is 2. The van der Waals surface area contributed by atoms with E-state index in [1.807, 2.05) is 0 Å². The number of nitrogens with one attached hydrogen (secondary N) is 1. The minimum absolute atomic E-state index is 0.0256. The number of anilines is 1. The molecule has 0 spiro atoms.